The van der Waals surface area contributed by atoms with E-state index in [4.69, 9.17) is 0 Å². The first-order valence-electron chi connectivity index (χ1n) is 9.01. The summed E-state index contributed by atoms with van der Waals surface area (Å²) < 4.78 is 27.4. The summed E-state index contributed by atoms with van der Waals surface area (Å²) in [7, 11) is -3.24. The lowest BCUT2D eigenvalue weighted by Crippen LogP contribution is -2.28. The van der Waals surface area contributed by atoms with Gasteiger partial charge in [-0.1, -0.05) is 30.0 Å². The van der Waals surface area contributed by atoms with Gasteiger partial charge in [0.05, 0.1) is 22.3 Å². The van der Waals surface area contributed by atoms with Crippen LogP contribution in [0.2, 0.25) is 0 Å². The molecule has 0 spiro atoms. The van der Waals surface area contributed by atoms with E-state index in [-0.39, 0.29) is 17.9 Å². The molecular weight excluding hydrogens is 394 g/mol. The first-order chi connectivity index (χ1) is 13.3. The van der Waals surface area contributed by atoms with Crippen molar-refractivity contribution in [2.45, 2.75) is 25.9 Å². The van der Waals surface area contributed by atoms with Gasteiger partial charge in [-0.3, -0.25) is 9.36 Å². The molecule has 0 fully saturated rings. The molecule has 3 aromatic rings. The summed E-state index contributed by atoms with van der Waals surface area (Å²) in [6.07, 6.45) is 0. The molecule has 2 aromatic carbocycles. The van der Waals surface area contributed by atoms with Crippen molar-refractivity contribution in [2.75, 3.05) is 18.1 Å². The third-order valence-electron chi connectivity index (χ3n) is 4.24. The summed E-state index contributed by atoms with van der Waals surface area (Å²) in [6, 6.07) is 13.2. The van der Waals surface area contributed by atoms with E-state index in [2.05, 4.69) is 15.8 Å². The Kier molecular flexibility index (Phi) is 6.22. The maximum absolute atomic E-state index is 13.2. The van der Waals surface area contributed by atoms with Crippen LogP contribution >= 0.6 is 11.8 Å². The van der Waals surface area contributed by atoms with Gasteiger partial charge in [-0.25, -0.2) is 18.1 Å². The molecule has 0 atom stereocenters. The van der Waals surface area contributed by atoms with Crippen LogP contribution in [0, 0.1) is 13.8 Å². The van der Waals surface area contributed by atoms with E-state index in [9.17, 15) is 13.2 Å². The minimum absolute atomic E-state index is 0.0408. The van der Waals surface area contributed by atoms with Crippen LogP contribution in [0.4, 0.5) is 0 Å². The minimum atomic E-state index is -3.24. The molecule has 28 heavy (non-hydrogen) atoms. The van der Waals surface area contributed by atoms with E-state index >= 15 is 0 Å². The van der Waals surface area contributed by atoms with E-state index in [1.165, 1.54) is 11.8 Å². The van der Waals surface area contributed by atoms with Gasteiger partial charge >= 0.3 is 0 Å². The molecule has 0 aliphatic carbocycles. The summed E-state index contributed by atoms with van der Waals surface area (Å²) >= 11 is 1.36. The fourth-order valence-electron chi connectivity index (χ4n) is 2.96. The first kappa shape index (κ1) is 20.6. The number of benzene rings is 2. The quantitative estimate of drug-likeness (QED) is 0.363. The molecule has 0 aliphatic heterocycles. The zero-order valence-corrected chi connectivity index (χ0v) is 17.7. The predicted molar refractivity (Wildman–Crippen MR) is 115 cm³/mol. The number of nitrogens with zero attached hydrogens (tertiary/aromatic N) is 2. The number of hydrogen-bond donors (Lipinski definition) is 1. The molecule has 8 heteroatoms. The number of para-hydroxylation sites is 1. The van der Waals surface area contributed by atoms with Gasteiger partial charge in [-0.15, -0.1) is 0 Å². The Hall–Kier alpha value is -2.16. The van der Waals surface area contributed by atoms with E-state index in [0.717, 1.165) is 16.8 Å². The van der Waals surface area contributed by atoms with Crippen LogP contribution in [-0.2, 0) is 10.0 Å². The maximum Gasteiger partial charge on any atom is 0.266 e. The van der Waals surface area contributed by atoms with Crippen LogP contribution in [0.3, 0.4) is 0 Å². The number of nitrogens with one attached hydrogen (secondary N) is 1. The maximum atomic E-state index is 13.2. The van der Waals surface area contributed by atoms with E-state index < -0.39 is 10.0 Å². The average Bonchev–Trinajstić information content (AvgIpc) is 2.64. The fourth-order valence-corrected chi connectivity index (χ4v) is 4.57. The van der Waals surface area contributed by atoms with Crippen LogP contribution in [0.5, 0.6) is 0 Å². The minimum Gasteiger partial charge on any atom is -0.268 e. The number of hydrogen-bond acceptors (Lipinski definition) is 5. The Morgan fingerprint density at radius 3 is 2.46 bits per heavy atom. The molecule has 0 saturated heterocycles. The standard InChI is InChI=1S/C20H23N3O3S2/c1-4-28(25,26)21-9-10-27-20-22-18-8-6-5-7-17(18)19(24)23(20)16-12-14(2)11-15(3)13-16/h5-8,11-13,21H,4,9-10H2,1-3H3. The molecule has 0 aliphatic rings. The van der Waals surface area contributed by atoms with Crippen LogP contribution in [0.1, 0.15) is 18.1 Å². The lowest BCUT2D eigenvalue weighted by molar-refractivity contribution is 0.585. The summed E-state index contributed by atoms with van der Waals surface area (Å²) in [5.74, 6) is 0.508. The fraction of sp³-hybridized carbons (Fsp3) is 0.300. The van der Waals surface area contributed by atoms with Crippen molar-refractivity contribution in [3.8, 4) is 5.69 Å². The average molecular weight is 418 g/mol. The molecule has 148 valence electrons. The van der Waals surface area contributed by atoms with Gasteiger partial charge in [0.2, 0.25) is 10.0 Å². The number of fused-ring (bicyclic) bond motifs is 1. The second kappa shape index (κ2) is 8.46. The third kappa shape index (κ3) is 4.63. The summed E-state index contributed by atoms with van der Waals surface area (Å²) in [4.78, 5) is 17.9. The molecule has 0 saturated carbocycles. The van der Waals surface area contributed by atoms with E-state index in [1.54, 1.807) is 17.6 Å². The number of aryl methyl sites for hydroxylation is 2. The van der Waals surface area contributed by atoms with Crippen molar-refractivity contribution in [1.82, 2.24) is 14.3 Å². The largest absolute Gasteiger partial charge is 0.268 e. The topological polar surface area (TPSA) is 81.1 Å². The van der Waals surface area contributed by atoms with E-state index in [0.29, 0.717) is 21.8 Å². The molecule has 0 radical (unpaired) electrons. The van der Waals surface area contributed by atoms with Gasteiger partial charge in [0.1, 0.15) is 0 Å². The normalized spacial score (nSPS) is 11.8. The lowest BCUT2D eigenvalue weighted by Gasteiger charge is -2.14. The van der Waals surface area contributed by atoms with Crippen molar-refractivity contribution < 1.29 is 8.42 Å². The highest BCUT2D eigenvalue weighted by molar-refractivity contribution is 7.99. The first-order valence-corrected chi connectivity index (χ1v) is 11.6. The summed E-state index contributed by atoms with van der Waals surface area (Å²) in [5, 5.41) is 1.10. The number of thioether (sulfide) groups is 1. The highest BCUT2D eigenvalue weighted by Gasteiger charge is 2.14. The monoisotopic (exact) mass is 417 g/mol. The van der Waals surface area contributed by atoms with Crippen molar-refractivity contribution in [2.24, 2.45) is 0 Å². The van der Waals surface area contributed by atoms with Crippen molar-refractivity contribution >= 4 is 32.7 Å². The molecule has 0 unspecified atom stereocenters. The highest BCUT2D eigenvalue weighted by atomic mass is 32.2. The second-order valence-electron chi connectivity index (χ2n) is 6.54. The van der Waals surface area contributed by atoms with Crippen LogP contribution in [0.25, 0.3) is 16.6 Å². The van der Waals surface area contributed by atoms with Crippen LogP contribution in [0.15, 0.2) is 52.4 Å². The Balaban J connectivity index is 2.03. The zero-order valence-electron chi connectivity index (χ0n) is 16.1. The predicted octanol–water partition coefficient (Wildman–Crippen LogP) is 3.03. The summed E-state index contributed by atoms with van der Waals surface area (Å²) in [6.45, 7) is 5.85. The van der Waals surface area contributed by atoms with Gasteiger partial charge in [0.25, 0.3) is 5.56 Å². The zero-order chi connectivity index (χ0) is 20.3. The van der Waals surface area contributed by atoms with Crippen molar-refractivity contribution in [3.05, 3.63) is 63.9 Å². The Morgan fingerprint density at radius 2 is 1.79 bits per heavy atom. The Labute approximate surface area is 169 Å². The van der Waals surface area contributed by atoms with E-state index in [1.807, 2.05) is 44.2 Å². The van der Waals surface area contributed by atoms with Gasteiger partial charge in [0.15, 0.2) is 5.16 Å². The van der Waals surface area contributed by atoms with Gasteiger partial charge in [0, 0.05) is 12.3 Å². The Morgan fingerprint density at radius 1 is 1.11 bits per heavy atom. The number of sulfonamides is 1. The molecule has 3 rings (SSSR count). The number of rotatable bonds is 7. The van der Waals surface area contributed by atoms with Crippen molar-refractivity contribution in [3.63, 3.8) is 0 Å². The van der Waals surface area contributed by atoms with Crippen LogP contribution in [-0.4, -0.2) is 36.0 Å². The molecule has 0 amide bonds. The number of aromatic nitrogens is 2. The summed E-state index contributed by atoms with van der Waals surface area (Å²) in [5.41, 5.74) is 3.37. The van der Waals surface area contributed by atoms with Crippen LogP contribution < -0.4 is 10.3 Å². The van der Waals surface area contributed by atoms with Gasteiger partial charge < -0.3 is 0 Å². The van der Waals surface area contributed by atoms with Gasteiger partial charge in [-0.2, -0.15) is 0 Å². The molecule has 1 N–H and O–H groups in total. The second-order valence-corrected chi connectivity index (χ2v) is 9.70. The molecular formula is C20H23N3O3S2. The lowest BCUT2D eigenvalue weighted by atomic mass is 10.1. The Bertz CT molecular complexity index is 1150. The van der Waals surface area contributed by atoms with Gasteiger partial charge in [-0.05, 0) is 56.2 Å². The smallest absolute Gasteiger partial charge is 0.266 e. The molecule has 6 nitrogen and oxygen atoms in total. The van der Waals surface area contributed by atoms with Crippen molar-refractivity contribution in [1.29, 1.82) is 0 Å². The molecule has 1 heterocycles. The third-order valence-corrected chi connectivity index (χ3v) is 6.59. The molecule has 1 aromatic heterocycles. The SMILES string of the molecule is CCS(=O)(=O)NCCSc1nc2ccccc2c(=O)n1-c1cc(C)cc(C)c1. The molecule has 0 bridgehead atoms. The highest BCUT2D eigenvalue weighted by Crippen LogP contribution is 2.22.